The lowest BCUT2D eigenvalue weighted by atomic mass is 10.2. The van der Waals surface area contributed by atoms with Gasteiger partial charge in [0.05, 0.1) is 22.3 Å². The zero-order valence-electron chi connectivity index (χ0n) is 14.6. The molecule has 0 saturated carbocycles. The minimum Gasteiger partial charge on any atom is -0.450 e. The quantitative estimate of drug-likeness (QED) is 0.447. The number of aromatic amines is 1. The van der Waals surface area contributed by atoms with Gasteiger partial charge >= 0.3 is 0 Å². The van der Waals surface area contributed by atoms with Gasteiger partial charge in [0.15, 0.2) is 22.6 Å². The van der Waals surface area contributed by atoms with Crippen molar-refractivity contribution in [3.05, 3.63) is 83.0 Å². The standard InChI is InChI=1S/C23H13N3O2/c27-21-14-8-2-1-7-13(14)20-19(21)22(28-18-12-6-5-11-17(18)24-20)23-25-15-9-3-4-10-16(15)26-23/h1-12H,(H,25,26). The lowest BCUT2D eigenvalue weighted by molar-refractivity contribution is 0.620. The Balaban J connectivity index is 1.84. The maximum atomic E-state index is 13.3. The number of rotatable bonds is 1. The summed E-state index contributed by atoms with van der Waals surface area (Å²) in [5.74, 6) is 0.919. The molecule has 0 fully saturated rings. The molecule has 28 heavy (non-hydrogen) atoms. The average molecular weight is 363 g/mol. The van der Waals surface area contributed by atoms with Crippen LogP contribution >= 0.6 is 0 Å². The molecule has 132 valence electrons. The third kappa shape index (κ3) is 2.04. The average Bonchev–Trinajstić information content (AvgIpc) is 3.22. The van der Waals surface area contributed by atoms with Crippen LogP contribution in [0.15, 0.2) is 82.0 Å². The molecule has 4 aromatic rings. The number of nitrogens with zero attached hydrogens (tertiary/aromatic N) is 2. The van der Waals surface area contributed by atoms with Gasteiger partial charge in [-0.25, -0.2) is 9.97 Å². The predicted molar refractivity (Wildman–Crippen MR) is 109 cm³/mol. The van der Waals surface area contributed by atoms with Crippen LogP contribution in [-0.4, -0.2) is 15.0 Å². The Hall–Kier alpha value is -3.99. The van der Waals surface area contributed by atoms with Gasteiger partial charge in [-0.15, -0.1) is 0 Å². The number of imidazole rings is 1. The van der Waals surface area contributed by atoms with Crippen molar-refractivity contribution in [1.29, 1.82) is 0 Å². The minimum absolute atomic E-state index is 0.0994. The van der Waals surface area contributed by atoms with Gasteiger partial charge in [0.2, 0.25) is 0 Å². The van der Waals surface area contributed by atoms with E-state index in [2.05, 4.69) is 9.97 Å². The summed E-state index contributed by atoms with van der Waals surface area (Å²) >= 11 is 0. The van der Waals surface area contributed by atoms with Crippen LogP contribution < -0.4 is 5.43 Å². The maximum absolute atomic E-state index is 13.3. The number of benzene rings is 3. The van der Waals surface area contributed by atoms with Crippen LogP contribution in [-0.2, 0) is 0 Å². The van der Waals surface area contributed by atoms with Crippen LogP contribution in [0.2, 0.25) is 0 Å². The number of para-hydroxylation sites is 4. The molecule has 0 spiro atoms. The Labute approximate surface area is 158 Å². The molecule has 1 aliphatic heterocycles. The topological polar surface area (TPSA) is 71.8 Å². The van der Waals surface area contributed by atoms with E-state index in [4.69, 9.17) is 9.40 Å². The van der Waals surface area contributed by atoms with Gasteiger partial charge in [-0.3, -0.25) is 4.79 Å². The normalized spacial score (nSPS) is 11.7. The molecule has 1 aromatic heterocycles. The third-order valence-corrected chi connectivity index (χ3v) is 5.03. The van der Waals surface area contributed by atoms with Crippen molar-refractivity contribution in [2.75, 3.05) is 0 Å². The van der Waals surface area contributed by atoms with Crippen molar-refractivity contribution in [3.63, 3.8) is 0 Å². The first-order chi connectivity index (χ1) is 13.8. The Morgan fingerprint density at radius 2 is 1.46 bits per heavy atom. The SMILES string of the molecule is O=c1c2c(-c3nc4ccccc4[nH]3)oc3ccccc3nc-2c2ccccc12. The summed E-state index contributed by atoms with van der Waals surface area (Å²) in [5.41, 5.74) is 3.94. The van der Waals surface area contributed by atoms with E-state index in [1.165, 1.54) is 0 Å². The van der Waals surface area contributed by atoms with E-state index >= 15 is 0 Å². The molecule has 0 atom stereocenters. The molecular formula is C23H13N3O2. The van der Waals surface area contributed by atoms with Crippen molar-refractivity contribution < 1.29 is 4.42 Å². The molecule has 3 aromatic carbocycles. The number of hydrogen-bond acceptors (Lipinski definition) is 4. The second-order valence-electron chi connectivity index (χ2n) is 6.71. The Morgan fingerprint density at radius 1 is 0.750 bits per heavy atom. The fourth-order valence-electron chi connectivity index (χ4n) is 3.74. The van der Waals surface area contributed by atoms with Crippen LogP contribution in [0.1, 0.15) is 0 Å². The third-order valence-electron chi connectivity index (χ3n) is 5.03. The monoisotopic (exact) mass is 363 g/mol. The molecule has 0 saturated heterocycles. The molecule has 2 heterocycles. The largest absolute Gasteiger partial charge is 0.450 e. The summed E-state index contributed by atoms with van der Waals surface area (Å²) in [5, 5.41) is 1.45. The van der Waals surface area contributed by atoms with Gasteiger partial charge < -0.3 is 9.40 Å². The number of fused-ring (bicyclic) bond motifs is 5. The van der Waals surface area contributed by atoms with Crippen molar-refractivity contribution in [2.45, 2.75) is 0 Å². The predicted octanol–water partition coefficient (Wildman–Crippen LogP) is 4.99. The van der Waals surface area contributed by atoms with Crippen LogP contribution in [0, 0.1) is 0 Å². The summed E-state index contributed by atoms with van der Waals surface area (Å²) in [6.07, 6.45) is 0. The Morgan fingerprint density at radius 3 is 2.32 bits per heavy atom. The molecule has 0 radical (unpaired) electrons. The minimum atomic E-state index is -0.0994. The lowest BCUT2D eigenvalue weighted by Gasteiger charge is -1.97. The number of nitrogens with one attached hydrogen (secondary N) is 1. The number of hydrogen-bond donors (Lipinski definition) is 1. The Bertz CT molecular complexity index is 1510. The highest BCUT2D eigenvalue weighted by atomic mass is 16.3. The molecule has 1 N–H and O–H groups in total. The highest BCUT2D eigenvalue weighted by Gasteiger charge is 2.25. The van der Waals surface area contributed by atoms with E-state index < -0.39 is 0 Å². The molecule has 0 bridgehead atoms. The molecule has 2 aliphatic rings. The molecule has 5 heteroatoms. The van der Waals surface area contributed by atoms with Crippen molar-refractivity contribution in [3.8, 4) is 22.8 Å². The first-order valence-corrected chi connectivity index (χ1v) is 8.99. The van der Waals surface area contributed by atoms with E-state index in [1.54, 1.807) is 0 Å². The Kier molecular flexibility index (Phi) is 2.97. The van der Waals surface area contributed by atoms with Crippen LogP contribution in [0.5, 0.6) is 0 Å². The molecule has 5 nitrogen and oxygen atoms in total. The first kappa shape index (κ1) is 15.1. The van der Waals surface area contributed by atoms with Crippen molar-refractivity contribution in [2.24, 2.45) is 0 Å². The van der Waals surface area contributed by atoms with Crippen molar-refractivity contribution in [1.82, 2.24) is 15.0 Å². The van der Waals surface area contributed by atoms with E-state index in [9.17, 15) is 4.79 Å². The molecule has 1 aliphatic carbocycles. The van der Waals surface area contributed by atoms with Crippen molar-refractivity contribution >= 4 is 32.9 Å². The van der Waals surface area contributed by atoms with Gasteiger partial charge in [-0.05, 0) is 24.3 Å². The number of H-pyrrole nitrogens is 1. The summed E-state index contributed by atoms with van der Waals surface area (Å²) in [6.45, 7) is 0. The molecule has 6 rings (SSSR count). The second kappa shape index (κ2) is 5.50. The molecule has 0 unspecified atom stereocenters. The summed E-state index contributed by atoms with van der Waals surface area (Å²) in [7, 11) is 0. The van der Waals surface area contributed by atoms with E-state index in [1.807, 2.05) is 72.8 Å². The highest BCUT2D eigenvalue weighted by Crippen LogP contribution is 2.36. The summed E-state index contributed by atoms with van der Waals surface area (Å²) < 4.78 is 6.24. The maximum Gasteiger partial charge on any atom is 0.199 e. The smallest absolute Gasteiger partial charge is 0.199 e. The zero-order valence-corrected chi connectivity index (χ0v) is 14.6. The van der Waals surface area contributed by atoms with Gasteiger partial charge in [0.1, 0.15) is 5.52 Å². The van der Waals surface area contributed by atoms with Gasteiger partial charge in [0.25, 0.3) is 0 Å². The highest BCUT2D eigenvalue weighted by molar-refractivity contribution is 6.04. The van der Waals surface area contributed by atoms with Gasteiger partial charge in [-0.2, -0.15) is 0 Å². The van der Waals surface area contributed by atoms with Gasteiger partial charge in [0, 0.05) is 10.8 Å². The second-order valence-corrected chi connectivity index (χ2v) is 6.71. The van der Waals surface area contributed by atoms with E-state index in [-0.39, 0.29) is 5.43 Å². The fourth-order valence-corrected chi connectivity index (χ4v) is 3.74. The van der Waals surface area contributed by atoms with Crippen LogP contribution in [0.3, 0.4) is 0 Å². The first-order valence-electron chi connectivity index (χ1n) is 8.99. The molecular weight excluding hydrogens is 350 g/mol. The molecule has 0 amide bonds. The lowest BCUT2D eigenvalue weighted by Crippen LogP contribution is -1.99. The summed E-state index contributed by atoms with van der Waals surface area (Å²) in [6, 6.07) is 22.8. The van der Waals surface area contributed by atoms with Crippen LogP contribution in [0.4, 0.5) is 0 Å². The van der Waals surface area contributed by atoms with E-state index in [0.717, 1.165) is 16.4 Å². The summed E-state index contributed by atoms with van der Waals surface area (Å²) in [4.78, 5) is 26.0. The van der Waals surface area contributed by atoms with Crippen LogP contribution in [0.25, 0.3) is 55.7 Å². The van der Waals surface area contributed by atoms with E-state index in [0.29, 0.717) is 39.3 Å². The van der Waals surface area contributed by atoms with Gasteiger partial charge in [-0.1, -0.05) is 48.5 Å². The number of aromatic nitrogens is 3. The fraction of sp³-hybridized carbons (Fsp3) is 0. The zero-order chi connectivity index (χ0) is 18.7.